The molecule has 6 nitrogen and oxygen atoms in total. The molecule has 3 N–H and O–H groups in total. The number of anilines is 1. The van der Waals surface area contributed by atoms with Crippen molar-refractivity contribution in [3.05, 3.63) is 108 Å². The first-order valence-electron chi connectivity index (χ1n) is 10.3. The molecule has 0 spiro atoms. The third-order valence-electron chi connectivity index (χ3n) is 4.86. The second kappa shape index (κ2) is 10.4. The Hall–Kier alpha value is -4.23. The maximum absolute atomic E-state index is 12.4. The smallest absolute Gasteiger partial charge is 0.251 e. The predicted molar refractivity (Wildman–Crippen MR) is 134 cm³/mol. The number of furan rings is 1. The molecule has 3 aromatic carbocycles. The summed E-state index contributed by atoms with van der Waals surface area (Å²) >= 11 is 5.24. The molecule has 0 aliphatic carbocycles. The van der Waals surface area contributed by atoms with E-state index in [-0.39, 0.29) is 16.9 Å². The zero-order valence-electron chi connectivity index (χ0n) is 17.6. The number of thiocarbonyl (C=S) groups is 1. The molecule has 4 aromatic rings. The van der Waals surface area contributed by atoms with E-state index in [9.17, 15) is 9.59 Å². The quantitative estimate of drug-likeness (QED) is 0.285. The van der Waals surface area contributed by atoms with Crippen molar-refractivity contribution < 1.29 is 14.0 Å². The Morgan fingerprint density at radius 2 is 1.76 bits per heavy atom. The summed E-state index contributed by atoms with van der Waals surface area (Å²) in [5.74, 6) is 0.0638. The zero-order valence-corrected chi connectivity index (χ0v) is 18.4. The molecule has 0 radical (unpaired) electrons. The minimum Gasteiger partial charge on any atom is -0.467 e. The van der Waals surface area contributed by atoms with E-state index in [4.69, 9.17) is 16.6 Å². The normalized spacial score (nSPS) is 10.8. The van der Waals surface area contributed by atoms with E-state index < -0.39 is 0 Å². The van der Waals surface area contributed by atoms with Gasteiger partial charge in [0.25, 0.3) is 5.91 Å². The Morgan fingerprint density at radius 1 is 0.939 bits per heavy atom. The van der Waals surface area contributed by atoms with Crippen molar-refractivity contribution in [2.45, 2.75) is 6.54 Å². The van der Waals surface area contributed by atoms with E-state index in [1.54, 1.807) is 48.7 Å². The molecule has 0 fully saturated rings. The molecule has 7 heteroatoms. The first kappa shape index (κ1) is 22.0. The van der Waals surface area contributed by atoms with Crippen molar-refractivity contribution in [2.75, 3.05) is 5.32 Å². The molecular formula is C26H21N3O3S. The van der Waals surface area contributed by atoms with Crippen LogP contribution in [0.2, 0.25) is 0 Å². The van der Waals surface area contributed by atoms with Gasteiger partial charge in [-0.3, -0.25) is 14.9 Å². The molecule has 0 saturated carbocycles. The van der Waals surface area contributed by atoms with E-state index in [0.717, 1.165) is 16.3 Å². The number of rotatable bonds is 6. The fraction of sp³-hybridized carbons (Fsp3) is 0.0385. The van der Waals surface area contributed by atoms with Crippen LogP contribution in [0.4, 0.5) is 5.69 Å². The highest BCUT2D eigenvalue weighted by molar-refractivity contribution is 7.80. The maximum Gasteiger partial charge on any atom is 0.251 e. The maximum atomic E-state index is 12.4. The highest BCUT2D eigenvalue weighted by Crippen LogP contribution is 2.19. The summed E-state index contributed by atoms with van der Waals surface area (Å²) in [7, 11) is 0. The lowest BCUT2D eigenvalue weighted by molar-refractivity contribution is -0.115. The second-order valence-corrected chi connectivity index (χ2v) is 7.60. The second-order valence-electron chi connectivity index (χ2n) is 7.19. The molecule has 0 atom stereocenters. The van der Waals surface area contributed by atoms with Crippen molar-refractivity contribution in [1.29, 1.82) is 0 Å². The molecule has 0 bridgehead atoms. The van der Waals surface area contributed by atoms with Gasteiger partial charge in [0.1, 0.15) is 5.76 Å². The number of carbonyl (C=O) groups excluding carboxylic acids is 2. The summed E-state index contributed by atoms with van der Waals surface area (Å²) < 4.78 is 5.21. The number of hydrogen-bond donors (Lipinski definition) is 3. The third kappa shape index (κ3) is 5.93. The summed E-state index contributed by atoms with van der Waals surface area (Å²) in [6.45, 7) is 0.293. The summed E-state index contributed by atoms with van der Waals surface area (Å²) in [5.41, 5.74) is 1.98. The molecule has 33 heavy (non-hydrogen) atoms. The van der Waals surface area contributed by atoms with Crippen LogP contribution in [0.25, 0.3) is 16.8 Å². The van der Waals surface area contributed by atoms with Gasteiger partial charge in [-0.2, -0.15) is 0 Å². The van der Waals surface area contributed by atoms with E-state index in [0.29, 0.717) is 23.6 Å². The molecule has 2 amide bonds. The van der Waals surface area contributed by atoms with E-state index in [1.165, 1.54) is 6.08 Å². The minimum absolute atomic E-state index is 0.135. The van der Waals surface area contributed by atoms with Gasteiger partial charge in [-0.25, -0.2) is 0 Å². The first-order chi connectivity index (χ1) is 16.1. The third-order valence-corrected chi connectivity index (χ3v) is 5.06. The van der Waals surface area contributed by atoms with Gasteiger partial charge in [-0.15, -0.1) is 0 Å². The van der Waals surface area contributed by atoms with Crippen LogP contribution in [0.3, 0.4) is 0 Å². The highest BCUT2D eigenvalue weighted by atomic mass is 32.1. The van der Waals surface area contributed by atoms with Gasteiger partial charge in [0.2, 0.25) is 5.91 Å². The fourth-order valence-corrected chi connectivity index (χ4v) is 3.52. The monoisotopic (exact) mass is 455 g/mol. The van der Waals surface area contributed by atoms with Gasteiger partial charge >= 0.3 is 0 Å². The van der Waals surface area contributed by atoms with Gasteiger partial charge in [0.15, 0.2) is 5.11 Å². The van der Waals surface area contributed by atoms with Gasteiger partial charge < -0.3 is 15.1 Å². The molecular weight excluding hydrogens is 434 g/mol. The van der Waals surface area contributed by atoms with E-state index in [1.807, 2.05) is 42.5 Å². The van der Waals surface area contributed by atoms with Crippen molar-refractivity contribution in [3.8, 4) is 0 Å². The molecule has 0 unspecified atom stereocenters. The van der Waals surface area contributed by atoms with Crippen LogP contribution in [0.15, 0.2) is 95.6 Å². The lowest BCUT2D eigenvalue weighted by atomic mass is 10.0. The standard InChI is InChI=1S/C26H21N3O3S/c30-24(14-13-19-8-3-7-18-6-1-2-12-23(18)19)29-26(33)28-21-10-4-9-20(16-21)25(31)27-17-22-11-5-15-32-22/h1-16H,17H2,(H,27,31)(H2,28,29,30,33)/b14-13+. The lowest BCUT2D eigenvalue weighted by Crippen LogP contribution is -2.33. The van der Waals surface area contributed by atoms with Crippen LogP contribution in [0.1, 0.15) is 21.7 Å². The van der Waals surface area contributed by atoms with E-state index >= 15 is 0 Å². The largest absolute Gasteiger partial charge is 0.467 e. The fourth-order valence-electron chi connectivity index (χ4n) is 3.30. The molecule has 4 rings (SSSR count). The van der Waals surface area contributed by atoms with Crippen LogP contribution in [0.5, 0.6) is 0 Å². The Kier molecular flexibility index (Phi) is 6.92. The minimum atomic E-state index is -0.354. The number of carbonyl (C=O) groups is 2. The number of nitrogens with one attached hydrogen (secondary N) is 3. The number of fused-ring (bicyclic) bond motifs is 1. The molecule has 0 aliphatic heterocycles. The average molecular weight is 456 g/mol. The van der Waals surface area contributed by atoms with Gasteiger partial charge in [0, 0.05) is 17.3 Å². The summed E-state index contributed by atoms with van der Waals surface area (Å²) in [4.78, 5) is 24.7. The summed E-state index contributed by atoms with van der Waals surface area (Å²) in [6.07, 6.45) is 4.75. The molecule has 0 aliphatic rings. The van der Waals surface area contributed by atoms with Crippen molar-refractivity contribution in [1.82, 2.24) is 10.6 Å². The Bertz CT molecular complexity index is 1320. The van der Waals surface area contributed by atoms with Crippen LogP contribution >= 0.6 is 12.2 Å². The molecule has 1 heterocycles. The number of amides is 2. The Morgan fingerprint density at radius 3 is 2.61 bits per heavy atom. The van der Waals surface area contributed by atoms with Crippen molar-refractivity contribution in [3.63, 3.8) is 0 Å². The predicted octanol–water partition coefficient (Wildman–Crippen LogP) is 4.89. The Balaban J connectivity index is 1.33. The molecule has 0 saturated heterocycles. The van der Waals surface area contributed by atoms with Gasteiger partial charge in [-0.05, 0) is 65.0 Å². The van der Waals surface area contributed by atoms with Crippen LogP contribution in [-0.2, 0) is 11.3 Å². The van der Waals surface area contributed by atoms with Crippen LogP contribution < -0.4 is 16.0 Å². The summed E-state index contributed by atoms with van der Waals surface area (Å²) in [5, 5.41) is 10.6. The van der Waals surface area contributed by atoms with E-state index in [2.05, 4.69) is 16.0 Å². The molecule has 1 aromatic heterocycles. The van der Waals surface area contributed by atoms with Crippen LogP contribution in [-0.4, -0.2) is 16.9 Å². The number of hydrogen-bond acceptors (Lipinski definition) is 4. The number of benzene rings is 3. The van der Waals surface area contributed by atoms with Crippen molar-refractivity contribution >= 4 is 51.7 Å². The van der Waals surface area contributed by atoms with Gasteiger partial charge in [-0.1, -0.05) is 48.5 Å². The van der Waals surface area contributed by atoms with Gasteiger partial charge in [0.05, 0.1) is 12.8 Å². The first-order valence-corrected chi connectivity index (χ1v) is 10.7. The van der Waals surface area contributed by atoms with Crippen LogP contribution in [0, 0.1) is 0 Å². The summed E-state index contributed by atoms with van der Waals surface area (Å²) in [6, 6.07) is 24.3. The Labute approximate surface area is 196 Å². The zero-order chi connectivity index (χ0) is 23.0. The average Bonchev–Trinajstić information content (AvgIpc) is 3.35. The SMILES string of the molecule is O=C(/C=C/c1cccc2ccccc12)NC(=S)Nc1cccc(C(=O)NCc2ccco2)c1. The molecule has 164 valence electrons. The highest BCUT2D eigenvalue weighted by Gasteiger charge is 2.08. The topological polar surface area (TPSA) is 83.4 Å². The van der Waals surface area contributed by atoms with Crippen molar-refractivity contribution in [2.24, 2.45) is 0 Å². The lowest BCUT2D eigenvalue weighted by Gasteiger charge is -2.10.